The molecule has 3 atom stereocenters. The van der Waals surface area contributed by atoms with Gasteiger partial charge in [0.25, 0.3) is 0 Å². The molecule has 2 aliphatic rings. The van der Waals surface area contributed by atoms with Crippen molar-refractivity contribution in [3.8, 4) is 0 Å². The predicted molar refractivity (Wildman–Crippen MR) is 62.3 cm³/mol. The van der Waals surface area contributed by atoms with Crippen LogP contribution in [0, 0.1) is 11.8 Å². The van der Waals surface area contributed by atoms with Gasteiger partial charge in [-0.05, 0) is 25.2 Å². The molecule has 0 saturated heterocycles. The SMILES string of the molecule is CS(=O)(=O)C1CCCC2C(=O)C(=[N+]=[N-])CCC21. The zero-order chi connectivity index (χ0) is 12.6. The Balaban J connectivity index is 2.31. The third-order valence-electron chi connectivity index (χ3n) is 4.00. The van der Waals surface area contributed by atoms with Gasteiger partial charge in [0.15, 0.2) is 9.84 Å². The highest BCUT2D eigenvalue weighted by atomic mass is 32.2. The maximum absolute atomic E-state index is 12.0. The van der Waals surface area contributed by atoms with Gasteiger partial charge in [0, 0.05) is 12.2 Å². The van der Waals surface area contributed by atoms with Crippen molar-refractivity contribution in [3.05, 3.63) is 5.53 Å². The molecular weight excluding hydrogens is 240 g/mol. The summed E-state index contributed by atoms with van der Waals surface area (Å²) < 4.78 is 23.4. The van der Waals surface area contributed by atoms with Crippen molar-refractivity contribution in [2.75, 3.05) is 6.26 Å². The van der Waals surface area contributed by atoms with Gasteiger partial charge in [0.2, 0.25) is 5.78 Å². The van der Waals surface area contributed by atoms with Crippen molar-refractivity contribution in [1.82, 2.24) is 0 Å². The van der Waals surface area contributed by atoms with E-state index in [1.807, 2.05) is 0 Å². The first kappa shape index (κ1) is 12.5. The smallest absolute Gasteiger partial charge is 0.334 e. The molecule has 0 N–H and O–H groups in total. The average molecular weight is 256 g/mol. The summed E-state index contributed by atoms with van der Waals surface area (Å²) in [5.74, 6) is -0.503. The van der Waals surface area contributed by atoms with E-state index < -0.39 is 15.1 Å². The van der Waals surface area contributed by atoms with Gasteiger partial charge >= 0.3 is 5.71 Å². The van der Waals surface area contributed by atoms with Crippen LogP contribution in [0.2, 0.25) is 0 Å². The summed E-state index contributed by atoms with van der Waals surface area (Å²) in [6.45, 7) is 0. The largest absolute Gasteiger partial charge is 0.361 e. The van der Waals surface area contributed by atoms with Gasteiger partial charge in [-0.1, -0.05) is 6.42 Å². The minimum atomic E-state index is -3.10. The number of rotatable bonds is 1. The second-order valence-corrected chi connectivity index (χ2v) is 7.28. The summed E-state index contributed by atoms with van der Waals surface area (Å²) in [6, 6.07) is 0. The monoisotopic (exact) mass is 256 g/mol. The predicted octanol–water partition coefficient (Wildman–Crippen LogP) is 0.850. The Hall–Kier alpha value is -1.00. The Morgan fingerprint density at radius 2 is 2.00 bits per heavy atom. The maximum Gasteiger partial charge on any atom is 0.334 e. The zero-order valence-corrected chi connectivity index (χ0v) is 10.6. The Morgan fingerprint density at radius 3 is 2.59 bits per heavy atom. The van der Waals surface area contributed by atoms with E-state index in [0.717, 1.165) is 6.42 Å². The molecule has 0 amide bonds. The lowest BCUT2D eigenvalue weighted by Crippen LogP contribution is -2.46. The van der Waals surface area contributed by atoms with E-state index in [1.165, 1.54) is 6.26 Å². The topological polar surface area (TPSA) is 87.6 Å². The van der Waals surface area contributed by atoms with Crippen LogP contribution in [0.5, 0.6) is 0 Å². The standard InChI is InChI=1S/C11H16N2O3S/c1-17(15,16)10-4-2-3-8-7(10)5-6-9(13-12)11(8)14/h7-8,10H,2-6H2,1H3. The summed E-state index contributed by atoms with van der Waals surface area (Å²) in [7, 11) is -3.10. The van der Waals surface area contributed by atoms with Gasteiger partial charge in [-0.25, -0.2) is 8.42 Å². The van der Waals surface area contributed by atoms with E-state index in [0.29, 0.717) is 25.7 Å². The maximum atomic E-state index is 12.0. The fourth-order valence-electron chi connectivity index (χ4n) is 3.21. The average Bonchev–Trinajstić information content (AvgIpc) is 2.28. The molecule has 0 aromatic carbocycles. The third kappa shape index (κ3) is 2.19. The molecule has 0 aromatic rings. The molecule has 0 bridgehead atoms. The van der Waals surface area contributed by atoms with Crippen LogP contribution >= 0.6 is 0 Å². The molecule has 17 heavy (non-hydrogen) atoms. The lowest BCUT2D eigenvalue weighted by Gasteiger charge is -2.37. The van der Waals surface area contributed by atoms with Crippen LogP contribution < -0.4 is 0 Å². The number of Topliss-reactive ketones (excluding diaryl/α,β-unsaturated/α-hetero) is 1. The van der Waals surface area contributed by atoms with Crippen LogP contribution in [0.15, 0.2) is 0 Å². The van der Waals surface area contributed by atoms with Gasteiger partial charge in [0.1, 0.15) is 0 Å². The number of carbonyl (C=O) groups is 1. The summed E-state index contributed by atoms with van der Waals surface area (Å²) in [5, 5.41) is -0.398. The molecule has 2 rings (SSSR count). The van der Waals surface area contributed by atoms with E-state index in [9.17, 15) is 13.2 Å². The first-order valence-electron chi connectivity index (χ1n) is 5.89. The first-order chi connectivity index (χ1) is 7.95. The lowest BCUT2D eigenvalue weighted by atomic mass is 9.69. The van der Waals surface area contributed by atoms with Crippen molar-refractivity contribution < 1.29 is 18.0 Å². The van der Waals surface area contributed by atoms with E-state index >= 15 is 0 Å². The molecule has 2 fully saturated rings. The fourth-order valence-corrected chi connectivity index (χ4v) is 4.77. The Bertz CT molecular complexity index is 491. The number of hydrogen-bond donors (Lipinski definition) is 0. The van der Waals surface area contributed by atoms with Crippen molar-refractivity contribution in [3.63, 3.8) is 0 Å². The number of nitrogens with zero attached hydrogens (tertiary/aromatic N) is 2. The van der Waals surface area contributed by atoms with Gasteiger partial charge in [-0.3, -0.25) is 4.79 Å². The summed E-state index contributed by atoms with van der Waals surface area (Å²) >= 11 is 0. The van der Waals surface area contributed by atoms with Crippen molar-refractivity contribution >= 4 is 21.3 Å². The minimum Gasteiger partial charge on any atom is -0.361 e. The number of ketones is 1. The van der Waals surface area contributed by atoms with Crippen molar-refractivity contribution in [2.45, 2.75) is 37.4 Å². The third-order valence-corrected chi connectivity index (χ3v) is 5.69. The number of hydrogen-bond acceptors (Lipinski definition) is 3. The molecule has 0 aliphatic heterocycles. The molecule has 6 heteroatoms. The highest BCUT2D eigenvalue weighted by molar-refractivity contribution is 7.91. The van der Waals surface area contributed by atoms with E-state index in [4.69, 9.17) is 5.53 Å². The zero-order valence-electron chi connectivity index (χ0n) is 9.80. The second-order valence-electron chi connectivity index (χ2n) is 5.02. The normalized spacial score (nSPS) is 34.1. The fraction of sp³-hybridized carbons (Fsp3) is 0.818. The van der Waals surface area contributed by atoms with Crippen LogP contribution in [-0.4, -0.2) is 36.2 Å². The van der Waals surface area contributed by atoms with Crippen molar-refractivity contribution in [1.29, 1.82) is 0 Å². The number of carbonyl (C=O) groups excluding carboxylic acids is 1. The molecule has 0 radical (unpaired) electrons. The van der Waals surface area contributed by atoms with Crippen LogP contribution in [0.3, 0.4) is 0 Å². The van der Waals surface area contributed by atoms with Gasteiger partial charge in [0.05, 0.1) is 11.7 Å². The van der Waals surface area contributed by atoms with Crippen LogP contribution in [0.25, 0.3) is 5.53 Å². The minimum absolute atomic E-state index is 0.0863. The van der Waals surface area contributed by atoms with E-state index in [-0.39, 0.29) is 23.3 Å². The van der Waals surface area contributed by atoms with Crippen molar-refractivity contribution in [2.24, 2.45) is 11.8 Å². The highest BCUT2D eigenvalue weighted by Crippen LogP contribution is 2.40. The summed E-state index contributed by atoms with van der Waals surface area (Å²) in [6.07, 6.45) is 4.40. The number of sulfone groups is 1. The molecular formula is C11H16N2O3S. The molecule has 5 nitrogen and oxygen atoms in total. The van der Waals surface area contributed by atoms with Crippen LogP contribution in [-0.2, 0) is 14.6 Å². The number of fused-ring (bicyclic) bond motifs is 1. The Labute approximate surface area is 101 Å². The summed E-state index contributed by atoms with van der Waals surface area (Å²) in [4.78, 5) is 15.0. The van der Waals surface area contributed by atoms with E-state index in [1.54, 1.807) is 0 Å². The Morgan fingerprint density at radius 1 is 1.29 bits per heavy atom. The molecule has 2 aliphatic carbocycles. The van der Waals surface area contributed by atoms with Crippen LogP contribution in [0.1, 0.15) is 32.1 Å². The molecule has 0 spiro atoms. The molecule has 0 heterocycles. The molecule has 94 valence electrons. The lowest BCUT2D eigenvalue weighted by molar-refractivity contribution is -0.125. The highest BCUT2D eigenvalue weighted by Gasteiger charge is 2.48. The first-order valence-corrected chi connectivity index (χ1v) is 7.84. The molecule has 0 aromatic heterocycles. The van der Waals surface area contributed by atoms with Crippen LogP contribution in [0.4, 0.5) is 0 Å². The van der Waals surface area contributed by atoms with Gasteiger partial charge < -0.3 is 5.53 Å². The van der Waals surface area contributed by atoms with Gasteiger partial charge in [-0.2, -0.15) is 4.79 Å². The quantitative estimate of drug-likeness (QED) is 0.514. The van der Waals surface area contributed by atoms with E-state index in [2.05, 4.69) is 4.79 Å². The summed E-state index contributed by atoms with van der Waals surface area (Å²) in [5.41, 5.74) is 8.94. The van der Waals surface area contributed by atoms with Gasteiger partial charge in [-0.15, -0.1) is 0 Å². The second kappa shape index (κ2) is 4.35. The Kier molecular flexibility index (Phi) is 3.19. The molecule has 3 unspecified atom stereocenters. The molecule has 2 saturated carbocycles.